The standard InChI is InChI=1S/C32H17NOS/c1-2-8-19-18(7-1)17-33-26-16-28-24(20-9-3-5-11-27(20)34-28)15-25(26)30-23(31(19)33)14-13-22-21-10-4-6-12-29(21)35-32(22)30/h1-17H. The summed E-state index contributed by atoms with van der Waals surface area (Å²) < 4.78 is 11.4. The monoisotopic (exact) mass is 463 g/mol. The number of hydrogen-bond acceptors (Lipinski definition) is 2. The average Bonchev–Trinajstić information content (AvgIpc) is 3.58. The van der Waals surface area contributed by atoms with Crippen LogP contribution in [0.5, 0.6) is 0 Å². The summed E-state index contributed by atoms with van der Waals surface area (Å²) in [6.45, 7) is 0. The summed E-state index contributed by atoms with van der Waals surface area (Å²) >= 11 is 1.90. The van der Waals surface area contributed by atoms with Gasteiger partial charge in [0.1, 0.15) is 11.2 Å². The van der Waals surface area contributed by atoms with Gasteiger partial charge in [0.05, 0.1) is 11.0 Å². The van der Waals surface area contributed by atoms with E-state index in [1.807, 2.05) is 17.4 Å². The van der Waals surface area contributed by atoms with E-state index in [9.17, 15) is 0 Å². The molecule has 9 rings (SSSR count). The molecule has 0 aliphatic carbocycles. The number of para-hydroxylation sites is 1. The third-order valence-electron chi connectivity index (χ3n) is 7.55. The molecule has 35 heavy (non-hydrogen) atoms. The molecule has 0 radical (unpaired) electrons. The van der Waals surface area contributed by atoms with Crippen LogP contribution in [0, 0.1) is 0 Å². The minimum atomic E-state index is 0.931. The van der Waals surface area contributed by atoms with Crippen LogP contribution in [0.15, 0.2) is 108 Å². The summed E-state index contributed by atoms with van der Waals surface area (Å²) in [7, 11) is 0. The lowest BCUT2D eigenvalue weighted by Crippen LogP contribution is -1.90. The van der Waals surface area contributed by atoms with Crippen molar-refractivity contribution < 1.29 is 4.42 Å². The Kier molecular flexibility index (Phi) is 3.20. The van der Waals surface area contributed by atoms with Crippen LogP contribution in [-0.2, 0) is 0 Å². The molecule has 0 amide bonds. The van der Waals surface area contributed by atoms with E-state index >= 15 is 0 Å². The van der Waals surface area contributed by atoms with Gasteiger partial charge in [0.15, 0.2) is 0 Å². The van der Waals surface area contributed by atoms with Gasteiger partial charge in [-0.25, -0.2) is 0 Å². The maximum atomic E-state index is 6.32. The summed E-state index contributed by atoms with van der Waals surface area (Å²) in [4.78, 5) is 0. The Labute approximate surface area is 203 Å². The highest BCUT2D eigenvalue weighted by atomic mass is 32.1. The average molecular weight is 464 g/mol. The minimum absolute atomic E-state index is 0.931. The smallest absolute Gasteiger partial charge is 0.137 e. The van der Waals surface area contributed by atoms with E-state index in [1.54, 1.807) is 0 Å². The molecule has 4 aromatic heterocycles. The van der Waals surface area contributed by atoms with Gasteiger partial charge < -0.3 is 8.82 Å². The molecule has 3 heteroatoms. The Morgan fingerprint density at radius 1 is 0.571 bits per heavy atom. The molecular weight excluding hydrogens is 446 g/mol. The van der Waals surface area contributed by atoms with Gasteiger partial charge in [-0.1, -0.05) is 72.8 Å². The van der Waals surface area contributed by atoms with E-state index in [0.29, 0.717) is 0 Å². The van der Waals surface area contributed by atoms with E-state index < -0.39 is 0 Å². The zero-order chi connectivity index (χ0) is 22.7. The van der Waals surface area contributed by atoms with Crippen LogP contribution in [0.4, 0.5) is 0 Å². The molecule has 0 atom stereocenters. The molecule has 9 aromatic rings. The molecule has 0 fully saturated rings. The van der Waals surface area contributed by atoms with Gasteiger partial charge in [-0.2, -0.15) is 0 Å². The number of fused-ring (bicyclic) bond motifs is 15. The number of benzene rings is 5. The Bertz CT molecular complexity index is 2330. The van der Waals surface area contributed by atoms with E-state index in [2.05, 4.69) is 102 Å². The van der Waals surface area contributed by atoms with Crippen molar-refractivity contribution in [1.82, 2.24) is 4.40 Å². The Morgan fingerprint density at radius 3 is 2.29 bits per heavy atom. The molecule has 0 saturated heterocycles. The number of hydrogen-bond donors (Lipinski definition) is 0. The zero-order valence-corrected chi connectivity index (χ0v) is 19.4. The molecule has 5 aromatic carbocycles. The quantitative estimate of drug-likeness (QED) is 0.205. The highest BCUT2D eigenvalue weighted by Gasteiger charge is 2.19. The van der Waals surface area contributed by atoms with Gasteiger partial charge in [-0.05, 0) is 18.2 Å². The normalized spacial score (nSPS) is 12.6. The molecular formula is C32H17NOS. The molecule has 0 spiro atoms. The molecule has 0 aliphatic heterocycles. The van der Waals surface area contributed by atoms with Crippen LogP contribution < -0.4 is 0 Å². The largest absolute Gasteiger partial charge is 0.456 e. The summed E-state index contributed by atoms with van der Waals surface area (Å²) in [5.74, 6) is 0. The molecule has 0 bridgehead atoms. The van der Waals surface area contributed by atoms with Crippen LogP contribution in [0.3, 0.4) is 0 Å². The van der Waals surface area contributed by atoms with Crippen LogP contribution in [0.25, 0.3) is 80.1 Å². The minimum Gasteiger partial charge on any atom is -0.456 e. The predicted octanol–water partition coefficient (Wildman–Crippen LogP) is 9.67. The van der Waals surface area contributed by atoms with Crippen molar-refractivity contribution in [3.05, 3.63) is 103 Å². The fraction of sp³-hybridized carbons (Fsp3) is 0. The second kappa shape index (κ2) is 6.21. The van der Waals surface area contributed by atoms with Crippen molar-refractivity contribution in [1.29, 1.82) is 0 Å². The maximum Gasteiger partial charge on any atom is 0.137 e. The first-order valence-corrected chi connectivity index (χ1v) is 12.7. The summed E-state index contributed by atoms with van der Waals surface area (Å²) in [6.07, 6.45) is 2.27. The van der Waals surface area contributed by atoms with E-state index in [4.69, 9.17) is 4.42 Å². The molecule has 162 valence electrons. The zero-order valence-electron chi connectivity index (χ0n) is 18.6. The van der Waals surface area contributed by atoms with E-state index in [1.165, 1.54) is 68.9 Å². The highest BCUT2D eigenvalue weighted by molar-refractivity contribution is 7.26. The van der Waals surface area contributed by atoms with Gasteiger partial charge in [-0.15, -0.1) is 11.3 Å². The first-order valence-electron chi connectivity index (χ1n) is 11.9. The first-order chi connectivity index (χ1) is 17.3. The second-order valence-electron chi connectivity index (χ2n) is 9.36. The number of rotatable bonds is 0. The molecule has 0 N–H and O–H groups in total. The Balaban J connectivity index is 1.64. The first kappa shape index (κ1) is 18.0. The van der Waals surface area contributed by atoms with Gasteiger partial charge >= 0.3 is 0 Å². The van der Waals surface area contributed by atoms with Crippen LogP contribution in [0.2, 0.25) is 0 Å². The predicted molar refractivity (Wildman–Crippen MR) is 150 cm³/mol. The molecule has 0 saturated carbocycles. The number of pyridine rings is 1. The number of nitrogens with zero attached hydrogens (tertiary/aromatic N) is 1. The van der Waals surface area contributed by atoms with Crippen molar-refractivity contribution in [3.63, 3.8) is 0 Å². The van der Waals surface area contributed by atoms with Gasteiger partial charge in [0, 0.05) is 70.1 Å². The van der Waals surface area contributed by atoms with Crippen molar-refractivity contribution in [2.45, 2.75) is 0 Å². The molecule has 4 heterocycles. The summed E-state index contributed by atoms with van der Waals surface area (Å²) in [6, 6.07) is 35.0. The third kappa shape index (κ3) is 2.20. The Hall–Kier alpha value is -4.34. The van der Waals surface area contributed by atoms with Crippen molar-refractivity contribution in [2.24, 2.45) is 0 Å². The lowest BCUT2D eigenvalue weighted by atomic mass is 9.99. The van der Waals surface area contributed by atoms with E-state index in [-0.39, 0.29) is 0 Å². The summed E-state index contributed by atoms with van der Waals surface area (Å²) in [5.41, 5.74) is 4.31. The second-order valence-corrected chi connectivity index (χ2v) is 10.4. The fourth-order valence-corrected chi connectivity index (χ4v) is 7.30. The lowest BCUT2D eigenvalue weighted by Gasteiger charge is -2.11. The molecule has 0 unspecified atom stereocenters. The van der Waals surface area contributed by atoms with Crippen molar-refractivity contribution >= 4 is 91.4 Å². The lowest BCUT2D eigenvalue weighted by molar-refractivity contribution is 0.669. The topological polar surface area (TPSA) is 17.6 Å². The van der Waals surface area contributed by atoms with Gasteiger partial charge in [-0.3, -0.25) is 0 Å². The Morgan fingerprint density at radius 2 is 1.34 bits per heavy atom. The SMILES string of the molecule is c1ccc2c(c1)cn1c3cc4oc5ccccc5c4cc3c3c(ccc4c5ccccc5sc43)c21. The van der Waals surface area contributed by atoms with E-state index in [0.717, 1.165) is 11.2 Å². The fourth-order valence-electron chi connectivity index (χ4n) is 6.04. The highest BCUT2D eigenvalue weighted by Crippen LogP contribution is 2.45. The maximum absolute atomic E-state index is 6.32. The number of furan rings is 1. The van der Waals surface area contributed by atoms with Crippen molar-refractivity contribution in [3.8, 4) is 0 Å². The van der Waals surface area contributed by atoms with Gasteiger partial charge in [0.25, 0.3) is 0 Å². The van der Waals surface area contributed by atoms with Crippen molar-refractivity contribution in [2.75, 3.05) is 0 Å². The number of aromatic nitrogens is 1. The van der Waals surface area contributed by atoms with Crippen LogP contribution in [0.1, 0.15) is 0 Å². The number of thiophene rings is 1. The third-order valence-corrected chi connectivity index (χ3v) is 8.76. The van der Waals surface area contributed by atoms with Crippen LogP contribution in [-0.4, -0.2) is 4.40 Å². The molecule has 2 nitrogen and oxygen atoms in total. The van der Waals surface area contributed by atoms with Crippen LogP contribution >= 0.6 is 11.3 Å². The molecule has 0 aliphatic rings. The summed E-state index contributed by atoms with van der Waals surface area (Å²) in [5, 5.41) is 11.4. The van der Waals surface area contributed by atoms with Gasteiger partial charge in [0.2, 0.25) is 0 Å².